The quantitative estimate of drug-likeness (QED) is 0.426. The van der Waals surface area contributed by atoms with Gasteiger partial charge in [-0.1, -0.05) is 5.16 Å². The number of hydrogen-bond acceptors (Lipinski definition) is 10. The van der Waals surface area contributed by atoms with E-state index in [-0.39, 0.29) is 24.0 Å². The molecule has 2 aliphatic rings. The molecule has 3 aromatic rings. The van der Waals surface area contributed by atoms with E-state index in [2.05, 4.69) is 20.1 Å². The van der Waals surface area contributed by atoms with E-state index in [0.29, 0.717) is 36.2 Å². The standard InChI is InChI=1S/C26H32F3N7O3/c1-14(15-4-6-35(7-5-15)25-33-23(34-39-25)26(2,3)37)38-16-10-31-24(32-11-16)36-12-18(22(30)13-36)17-8-20(28)21(29)9-19(17)27/h8-11,14-15,18,22,37H,4-7,12-13,30H2,1-3H3. The van der Waals surface area contributed by atoms with Gasteiger partial charge in [0.15, 0.2) is 17.4 Å². The zero-order valence-electron chi connectivity index (χ0n) is 22.0. The van der Waals surface area contributed by atoms with Gasteiger partial charge in [0.2, 0.25) is 11.8 Å². The summed E-state index contributed by atoms with van der Waals surface area (Å²) in [6.07, 6.45) is 4.79. The van der Waals surface area contributed by atoms with Crippen LogP contribution in [0.1, 0.15) is 50.9 Å². The Morgan fingerprint density at radius 2 is 1.72 bits per heavy atom. The number of anilines is 2. The molecule has 0 radical (unpaired) electrons. The molecule has 2 aliphatic heterocycles. The van der Waals surface area contributed by atoms with Gasteiger partial charge in [0.25, 0.3) is 0 Å². The minimum absolute atomic E-state index is 0.0421. The lowest BCUT2D eigenvalue weighted by molar-refractivity contribution is 0.0661. The van der Waals surface area contributed by atoms with Gasteiger partial charge in [-0.15, -0.1) is 0 Å². The van der Waals surface area contributed by atoms with Gasteiger partial charge < -0.3 is 29.9 Å². The van der Waals surface area contributed by atoms with Crippen molar-refractivity contribution in [2.45, 2.75) is 57.3 Å². The molecule has 10 nitrogen and oxygen atoms in total. The van der Waals surface area contributed by atoms with Gasteiger partial charge >= 0.3 is 6.01 Å². The Hall–Kier alpha value is -3.45. The van der Waals surface area contributed by atoms with Gasteiger partial charge in [-0.3, -0.25) is 0 Å². The Labute approximate surface area is 224 Å². The normalized spacial score (nSPS) is 21.4. The zero-order valence-corrected chi connectivity index (χ0v) is 22.0. The summed E-state index contributed by atoms with van der Waals surface area (Å²) < 4.78 is 52.8. The Kier molecular flexibility index (Phi) is 7.38. The lowest BCUT2D eigenvalue weighted by Crippen LogP contribution is -2.39. The second-order valence-electron chi connectivity index (χ2n) is 10.8. The molecule has 5 rings (SSSR count). The molecular weight excluding hydrogens is 515 g/mol. The van der Waals surface area contributed by atoms with Gasteiger partial charge in [0.1, 0.15) is 11.4 Å². The zero-order chi connectivity index (χ0) is 27.9. The Bertz CT molecular complexity index is 1290. The highest BCUT2D eigenvalue weighted by Crippen LogP contribution is 2.32. The summed E-state index contributed by atoms with van der Waals surface area (Å²) in [5.74, 6) is -2.23. The highest BCUT2D eigenvalue weighted by molar-refractivity contribution is 5.39. The summed E-state index contributed by atoms with van der Waals surface area (Å²) in [7, 11) is 0. The van der Waals surface area contributed by atoms with Crippen molar-refractivity contribution in [1.29, 1.82) is 0 Å². The van der Waals surface area contributed by atoms with E-state index in [1.165, 1.54) is 0 Å². The molecular formula is C26H32F3N7O3. The first-order chi connectivity index (χ1) is 18.5. The largest absolute Gasteiger partial charge is 0.487 e. The van der Waals surface area contributed by atoms with Crippen LogP contribution in [0.25, 0.3) is 0 Å². The Morgan fingerprint density at radius 3 is 2.36 bits per heavy atom. The molecule has 1 aromatic carbocycles. The van der Waals surface area contributed by atoms with Gasteiger partial charge in [0.05, 0.1) is 18.5 Å². The van der Waals surface area contributed by atoms with Crippen molar-refractivity contribution in [1.82, 2.24) is 20.1 Å². The van der Waals surface area contributed by atoms with E-state index in [4.69, 9.17) is 15.0 Å². The topological polar surface area (TPSA) is 127 Å². The fraction of sp³-hybridized carbons (Fsp3) is 0.538. The van der Waals surface area contributed by atoms with Crippen molar-refractivity contribution >= 4 is 12.0 Å². The van der Waals surface area contributed by atoms with Gasteiger partial charge in [0, 0.05) is 44.2 Å². The van der Waals surface area contributed by atoms with E-state index in [0.717, 1.165) is 32.0 Å². The van der Waals surface area contributed by atoms with Gasteiger partial charge in [-0.25, -0.2) is 23.1 Å². The minimum atomic E-state index is -1.23. The SMILES string of the molecule is CC(Oc1cnc(N2CC(N)C(c3cc(F)c(F)cc3F)C2)nc1)C1CCN(c2nc(C(C)(C)O)no2)CC1. The number of aliphatic hydroxyl groups is 1. The molecule has 0 aliphatic carbocycles. The van der Waals surface area contributed by atoms with E-state index in [1.807, 2.05) is 11.8 Å². The van der Waals surface area contributed by atoms with Crippen LogP contribution in [0.2, 0.25) is 0 Å². The van der Waals surface area contributed by atoms with E-state index in [1.54, 1.807) is 31.1 Å². The number of nitrogens with two attached hydrogens (primary N) is 1. The maximum Gasteiger partial charge on any atom is 0.324 e. The Morgan fingerprint density at radius 1 is 1.05 bits per heavy atom. The average Bonchev–Trinajstić information content (AvgIpc) is 3.54. The molecule has 0 spiro atoms. The maximum absolute atomic E-state index is 14.3. The van der Waals surface area contributed by atoms with Crippen LogP contribution in [0.3, 0.4) is 0 Å². The lowest BCUT2D eigenvalue weighted by atomic mass is 9.92. The number of aromatic nitrogens is 4. The Balaban J connectivity index is 1.15. The van der Waals surface area contributed by atoms with Crippen LogP contribution < -0.4 is 20.3 Å². The highest BCUT2D eigenvalue weighted by atomic mass is 19.2. The molecule has 0 saturated carbocycles. The lowest BCUT2D eigenvalue weighted by Gasteiger charge is -2.33. The molecule has 2 fully saturated rings. The summed E-state index contributed by atoms with van der Waals surface area (Å²) in [4.78, 5) is 16.9. The first-order valence-corrected chi connectivity index (χ1v) is 12.9. The maximum atomic E-state index is 14.3. The van der Waals surface area contributed by atoms with Gasteiger partial charge in [-0.2, -0.15) is 4.98 Å². The molecule has 2 aromatic heterocycles. The summed E-state index contributed by atoms with van der Waals surface area (Å²) >= 11 is 0. The number of piperidine rings is 1. The second kappa shape index (κ2) is 10.6. The van der Waals surface area contributed by atoms with E-state index in [9.17, 15) is 18.3 Å². The smallest absolute Gasteiger partial charge is 0.324 e. The number of nitrogens with zero attached hydrogens (tertiary/aromatic N) is 6. The van der Waals surface area contributed by atoms with Crippen LogP contribution in [0, 0.1) is 23.4 Å². The summed E-state index contributed by atoms with van der Waals surface area (Å²) in [6, 6.07) is 1.33. The molecule has 3 atom stereocenters. The minimum Gasteiger partial charge on any atom is -0.487 e. The molecule has 2 saturated heterocycles. The van der Waals surface area contributed by atoms with Crippen LogP contribution in [0.5, 0.6) is 5.75 Å². The van der Waals surface area contributed by atoms with Crippen molar-refractivity contribution in [2.24, 2.45) is 11.7 Å². The van der Waals surface area contributed by atoms with Crippen molar-refractivity contribution in [3.8, 4) is 5.75 Å². The predicted octanol–water partition coefficient (Wildman–Crippen LogP) is 3.12. The van der Waals surface area contributed by atoms with Crippen LogP contribution in [0.4, 0.5) is 25.1 Å². The van der Waals surface area contributed by atoms with Crippen LogP contribution in [-0.4, -0.2) is 63.5 Å². The van der Waals surface area contributed by atoms with Crippen LogP contribution >= 0.6 is 0 Å². The number of benzene rings is 1. The van der Waals surface area contributed by atoms with Crippen LogP contribution in [-0.2, 0) is 5.60 Å². The predicted molar refractivity (Wildman–Crippen MR) is 136 cm³/mol. The molecule has 210 valence electrons. The molecule has 13 heteroatoms. The third kappa shape index (κ3) is 5.78. The molecule has 39 heavy (non-hydrogen) atoms. The first kappa shape index (κ1) is 27.1. The van der Waals surface area contributed by atoms with Gasteiger partial charge in [-0.05, 0) is 51.2 Å². The summed E-state index contributed by atoms with van der Waals surface area (Å²) in [5.41, 5.74) is 5.09. The fourth-order valence-corrected chi connectivity index (χ4v) is 5.14. The number of halogens is 3. The van der Waals surface area contributed by atoms with Crippen molar-refractivity contribution < 1.29 is 27.5 Å². The molecule has 0 bridgehead atoms. The van der Waals surface area contributed by atoms with E-state index < -0.39 is 35.0 Å². The first-order valence-electron chi connectivity index (χ1n) is 12.9. The number of hydrogen-bond donors (Lipinski definition) is 2. The molecule has 0 amide bonds. The van der Waals surface area contributed by atoms with E-state index >= 15 is 0 Å². The summed E-state index contributed by atoms with van der Waals surface area (Å²) in [6.45, 7) is 7.28. The second-order valence-corrected chi connectivity index (χ2v) is 10.8. The summed E-state index contributed by atoms with van der Waals surface area (Å²) in [5, 5.41) is 13.9. The van der Waals surface area contributed by atoms with Crippen molar-refractivity contribution in [3.63, 3.8) is 0 Å². The van der Waals surface area contributed by atoms with Crippen molar-refractivity contribution in [3.05, 3.63) is 53.4 Å². The monoisotopic (exact) mass is 547 g/mol. The number of rotatable bonds is 7. The molecule has 3 unspecified atom stereocenters. The highest BCUT2D eigenvalue weighted by Gasteiger charge is 2.35. The molecule has 4 heterocycles. The third-order valence-electron chi connectivity index (χ3n) is 7.46. The van der Waals surface area contributed by atoms with Crippen molar-refractivity contribution in [2.75, 3.05) is 36.0 Å². The average molecular weight is 548 g/mol. The number of ether oxygens (including phenoxy) is 1. The molecule has 3 N–H and O–H groups in total. The third-order valence-corrected chi connectivity index (χ3v) is 7.46. The fourth-order valence-electron chi connectivity index (χ4n) is 5.14. The van der Waals surface area contributed by atoms with Crippen LogP contribution in [0.15, 0.2) is 29.0 Å².